The van der Waals surface area contributed by atoms with Crippen LogP contribution in [0.4, 0.5) is 0 Å². The number of imidazole rings is 1. The third-order valence-corrected chi connectivity index (χ3v) is 2.96. The summed E-state index contributed by atoms with van der Waals surface area (Å²) in [5, 5.41) is 5.90. The van der Waals surface area contributed by atoms with Gasteiger partial charge in [-0.2, -0.15) is 0 Å². The van der Waals surface area contributed by atoms with E-state index in [1.54, 1.807) is 7.11 Å². The molecule has 0 aliphatic rings. The summed E-state index contributed by atoms with van der Waals surface area (Å²) in [5.74, 6) is 0.700. The van der Waals surface area contributed by atoms with Crippen molar-refractivity contribution >= 4 is 16.9 Å². The van der Waals surface area contributed by atoms with Crippen molar-refractivity contribution in [2.75, 3.05) is 26.8 Å². The fourth-order valence-corrected chi connectivity index (χ4v) is 1.91. The summed E-state index contributed by atoms with van der Waals surface area (Å²) in [6.07, 6.45) is 0. The first kappa shape index (κ1) is 14.5. The molecular weight excluding hydrogens is 256 g/mol. The Morgan fingerprint density at radius 3 is 3.00 bits per heavy atom. The molecule has 2 aromatic rings. The molecule has 6 heteroatoms. The third kappa shape index (κ3) is 3.79. The lowest BCUT2D eigenvalue weighted by molar-refractivity contribution is -0.120. The van der Waals surface area contributed by atoms with E-state index in [2.05, 4.69) is 20.6 Å². The highest BCUT2D eigenvalue weighted by molar-refractivity contribution is 5.79. The third-order valence-electron chi connectivity index (χ3n) is 2.96. The van der Waals surface area contributed by atoms with E-state index in [0.29, 0.717) is 13.2 Å². The van der Waals surface area contributed by atoms with Crippen molar-refractivity contribution in [3.63, 3.8) is 0 Å². The molecule has 20 heavy (non-hydrogen) atoms. The van der Waals surface area contributed by atoms with Crippen molar-refractivity contribution in [3.8, 4) is 0 Å². The number of methoxy groups -OCH3 is 1. The number of rotatable bonds is 7. The lowest BCUT2D eigenvalue weighted by atomic mass is 10.3. The molecule has 0 saturated heterocycles. The molecule has 1 aromatic heterocycles. The maximum atomic E-state index is 11.7. The number of carbonyl (C=O) groups excluding carboxylic acids is 1. The molecule has 1 atom stereocenters. The minimum atomic E-state index is -0.154. The molecule has 1 aromatic carbocycles. The molecule has 0 spiro atoms. The second kappa shape index (κ2) is 7.02. The summed E-state index contributed by atoms with van der Waals surface area (Å²) in [5.41, 5.74) is 1.88. The summed E-state index contributed by atoms with van der Waals surface area (Å²) in [6, 6.07) is 7.64. The normalized spacial score (nSPS) is 12.5. The zero-order valence-corrected chi connectivity index (χ0v) is 11.8. The van der Waals surface area contributed by atoms with E-state index in [0.717, 1.165) is 16.9 Å². The fourth-order valence-electron chi connectivity index (χ4n) is 1.91. The van der Waals surface area contributed by atoms with Crippen LogP contribution in [0, 0.1) is 0 Å². The van der Waals surface area contributed by atoms with Crippen LogP contribution >= 0.6 is 0 Å². The molecule has 6 nitrogen and oxygen atoms in total. The first-order valence-electron chi connectivity index (χ1n) is 6.64. The van der Waals surface area contributed by atoms with Crippen LogP contribution in [0.25, 0.3) is 11.0 Å². The van der Waals surface area contributed by atoms with Gasteiger partial charge in [0, 0.05) is 13.7 Å². The first-order chi connectivity index (χ1) is 9.70. The number of nitrogens with zero attached hydrogens (tertiary/aromatic N) is 1. The molecule has 108 valence electrons. The second-order valence-corrected chi connectivity index (χ2v) is 4.60. The van der Waals surface area contributed by atoms with Crippen molar-refractivity contribution in [1.82, 2.24) is 20.6 Å². The molecule has 3 N–H and O–H groups in total. The number of fused-ring (bicyclic) bond motifs is 1. The van der Waals surface area contributed by atoms with Crippen LogP contribution in [0.1, 0.15) is 18.8 Å². The van der Waals surface area contributed by atoms with E-state index in [4.69, 9.17) is 4.74 Å². The molecule has 0 radical (unpaired) electrons. The predicted molar refractivity (Wildman–Crippen MR) is 77.4 cm³/mol. The average molecular weight is 276 g/mol. The van der Waals surface area contributed by atoms with Crippen molar-refractivity contribution in [2.45, 2.75) is 13.0 Å². The molecule has 0 aliphatic heterocycles. The molecule has 1 heterocycles. The summed E-state index contributed by atoms with van der Waals surface area (Å²) >= 11 is 0. The number of hydrogen-bond acceptors (Lipinski definition) is 4. The molecular formula is C14H20N4O2. The smallest absolute Gasteiger partial charge is 0.234 e. The maximum absolute atomic E-state index is 11.7. The molecule has 0 saturated carbocycles. The van der Waals surface area contributed by atoms with Crippen molar-refractivity contribution in [2.24, 2.45) is 0 Å². The van der Waals surface area contributed by atoms with Gasteiger partial charge >= 0.3 is 0 Å². The van der Waals surface area contributed by atoms with E-state index >= 15 is 0 Å². The van der Waals surface area contributed by atoms with E-state index in [9.17, 15) is 4.79 Å². The average Bonchev–Trinajstić information content (AvgIpc) is 2.87. The maximum Gasteiger partial charge on any atom is 0.234 e. The van der Waals surface area contributed by atoms with E-state index in [1.165, 1.54) is 0 Å². The van der Waals surface area contributed by atoms with Gasteiger partial charge in [0.15, 0.2) is 0 Å². The Kier molecular flexibility index (Phi) is 5.09. The zero-order chi connectivity index (χ0) is 14.4. The Morgan fingerprint density at radius 2 is 2.25 bits per heavy atom. The number of carbonyl (C=O) groups is 1. The van der Waals surface area contributed by atoms with E-state index in [-0.39, 0.29) is 18.5 Å². The predicted octanol–water partition coefficient (Wildman–Crippen LogP) is 0.976. The number of nitrogens with one attached hydrogen (secondary N) is 3. The number of aromatic amines is 1. The van der Waals surface area contributed by atoms with Gasteiger partial charge in [0.25, 0.3) is 0 Å². The van der Waals surface area contributed by atoms with E-state index in [1.807, 2.05) is 31.2 Å². The van der Waals surface area contributed by atoms with Gasteiger partial charge < -0.3 is 20.4 Å². The molecule has 2 rings (SSSR count). The highest BCUT2D eigenvalue weighted by atomic mass is 16.5. The highest BCUT2D eigenvalue weighted by Crippen LogP contribution is 2.15. The standard InChI is InChI=1S/C14H20N4O2/c1-10(16-13(19)9-15-7-8-20-2)14-17-11-5-3-4-6-12(11)18-14/h3-6,10,15H,7-9H2,1-2H3,(H,16,19)(H,17,18). The molecule has 1 amide bonds. The van der Waals surface area contributed by atoms with Crippen molar-refractivity contribution < 1.29 is 9.53 Å². The van der Waals surface area contributed by atoms with Crippen LogP contribution in [-0.2, 0) is 9.53 Å². The molecule has 1 unspecified atom stereocenters. The number of ether oxygens (including phenoxy) is 1. The minimum Gasteiger partial charge on any atom is -0.383 e. The van der Waals surface area contributed by atoms with Crippen LogP contribution in [-0.4, -0.2) is 42.7 Å². The fraction of sp³-hybridized carbons (Fsp3) is 0.429. The van der Waals surface area contributed by atoms with Crippen LogP contribution in [0.2, 0.25) is 0 Å². The highest BCUT2D eigenvalue weighted by Gasteiger charge is 2.12. The Bertz CT molecular complexity index is 534. The van der Waals surface area contributed by atoms with Gasteiger partial charge in [0.2, 0.25) is 5.91 Å². The van der Waals surface area contributed by atoms with Gasteiger partial charge in [0.1, 0.15) is 5.82 Å². The summed E-state index contributed by atoms with van der Waals surface area (Å²) in [4.78, 5) is 19.4. The van der Waals surface area contributed by atoms with Crippen molar-refractivity contribution in [3.05, 3.63) is 30.1 Å². The Morgan fingerprint density at radius 1 is 1.45 bits per heavy atom. The van der Waals surface area contributed by atoms with Gasteiger partial charge in [-0.1, -0.05) is 12.1 Å². The first-order valence-corrected chi connectivity index (χ1v) is 6.64. The van der Waals surface area contributed by atoms with Gasteiger partial charge in [-0.25, -0.2) is 4.98 Å². The van der Waals surface area contributed by atoms with Crippen LogP contribution in [0.15, 0.2) is 24.3 Å². The zero-order valence-electron chi connectivity index (χ0n) is 11.8. The summed E-state index contributed by atoms with van der Waals surface area (Å²) < 4.78 is 4.90. The van der Waals surface area contributed by atoms with Gasteiger partial charge in [-0.15, -0.1) is 0 Å². The monoisotopic (exact) mass is 276 g/mol. The topological polar surface area (TPSA) is 79.0 Å². The largest absolute Gasteiger partial charge is 0.383 e. The number of aromatic nitrogens is 2. The molecule has 0 fully saturated rings. The molecule has 0 bridgehead atoms. The second-order valence-electron chi connectivity index (χ2n) is 4.60. The summed E-state index contributed by atoms with van der Waals surface area (Å²) in [7, 11) is 1.63. The number of para-hydroxylation sites is 2. The number of hydrogen-bond donors (Lipinski definition) is 3. The van der Waals surface area contributed by atoms with E-state index < -0.39 is 0 Å². The van der Waals surface area contributed by atoms with Crippen LogP contribution in [0.3, 0.4) is 0 Å². The number of benzene rings is 1. The number of amides is 1. The Balaban J connectivity index is 1.87. The van der Waals surface area contributed by atoms with Gasteiger partial charge in [-0.3, -0.25) is 4.79 Å². The minimum absolute atomic E-state index is 0.0611. The lowest BCUT2D eigenvalue weighted by Crippen LogP contribution is -2.36. The summed E-state index contributed by atoms with van der Waals surface area (Å²) in [6.45, 7) is 3.42. The Labute approximate surface area is 117 Å². The number of H-pyrrole nitrogens is 1. The lowest BCUT2D eigenvalue weighted by Gasteiger charge is -2.11. The SMILES string of the molecule is COCCNCC(=O)NC(C)c1nc2ccccc2[nH]1. The quantitative estimate of drug-likeness (QED) is 0.659. The van der Waals surface area contributed by atoms with Gasteiger partial charge in [0.05, 0.1) is 30.2 Å². The van der Waals surface area contributed by atoms with Gasteiger partial charge in [-0.05, 0) is 19.1 Å². The van der Waals surface area contributed by atoms with Crippen LogP contribution < -0.4 is 10.6 Å². The molecule has 0 aliphatic carbocycles. The van der Waals surface area contributed by atoms with Crippen molar-refractivity contribution in [1.29, 1.82) is 0 Å². The van der Waals surface area contributed by atoms with Crippen LogP contribution in [0.5, 0.6) is 0 Å². The Hall–Kier alpha value is -1.92.